The quantitative estimate of drug-likeness (QED) is 0.748. The third-order valence-electron chi connectivity index (χ3n) is 1.62. The third kappa shape index (κ3) is 2.28. The van der Waals surface area contributed by atoms with Crippen LogP contribution in [-0.4, -0.2) is 22.4 Å². The predicted molar refractivity (Wildman–Crippen MR) is 51.2 cm³/mol. The zero-order valence-corrected chi connectivity index (χ0v) is 8.55. The molecule has 5 nitrogen and oxygen atoms in total. The van der Waals surface area contributed by atoms with Crippen LogP contribution in [0.4, 0.5) is 0 Å². The molecule has 0 aliphatic rings. The molecule has 0 fully saturated rings. The standard InChI is InChI=1S/C7H9BrN2O3/c1-13-5(2-8)4-3-9-7(12)10-6(4)11/h3,5H,2H2,1H3,(H2,9,10,11,12). The summed E-state index contributed by atoms with van der Waals surface area (Å²) in [6.07, 6.45) is 1.01. The Balaban J connectivity index is 3.14. The van der Waals surface area contributed by atoms with Crippen molar-refractivity contribution in [3.63, 3.8) is 0 Å². The largest absolute Gasteiger partial charge is 0.376 e. The van der Waals surface area contributed by atoms with Gasteiger partial charge in [-0.25, -0.2) is 4.79 Å². The number of aromatic nitrogens is 2. The zero-order chi connectivity index (χ0) is 9.84. The van der Waals surface area contributed by atoms with Gasteiger partial charge in [0.05, 0.1) is 11.7 Å². The van der Waals surface area contributed by atoms with E-state index in [1.807, 2.05) is 0 Å². The smallest absolute Gasteiger partial charge is 0.325 e. The minimum absolute atomic E-state index is 0.347. The summed E-state index contributed by atoms with van der Waals surface area (Å²) in [6.45, 7) is 0. The highest BCUT2D eigenvalue weighted by molar-refractivity contribution is 9.09. The number of hydrogen-bond acceptors (Lipinski definition) is 3. The van der Waals surface area contributed by atoms with Gasteiger partial charge < -0.3 is 9.72 Å². The number of H-pyrrole nitrogens is 2. The number of ether oxygens (including phenoxy) is 1. The number of rotatable bonds is 3. The fourth-order valence-corrected chi connectivity index (χ4v) is 1.55. The molecule has 0 aliphatic carbocycles. The van der Waals surface area contributed by atoms with E-state index in [0.29, 0.717) is 10.9 Å². The summed E-state index contributed by atoms with van der Waals surface area (Å²) in [7, 11) is 1.50. The van der Waals surface area contributed by atoms with Gasteiger partial charge in [-0.15, -0.1) is 0 Å². The van der Waals surface area contributed by atoms with Crippen molar-refractivity contribution in [3.05, 3.63) is 32.6 Å². The minimum atomic E-state index is -0.516. The molecule has 13 heavy (non-hydrogen) atoms. The van der Waals surface area contributed by atoms with E-state index in [9.17, 15) is 9.59 Å². The first-order valence-corrected chi connectivity index (χ1v) is 4.72. The molecule has 0 spiro atoms. The van der Waals surface area contributed by atoms with Crippen LogP contribution in [-0.2, 0) is 4.74 Å². The fourth-order valence-electron chi connectivity index (χ4n) is 0.932. The van der Waals surface area contributed by atoms with E-state index in [2.05, 4.69) is 25.9 Å². The van der Waals surface area contributed by atoms with Crippen molar-refractivity contribution in [2.45, 2.75) is 6.10 Å². The van der Waals surface area contributed by atoms with Crippen LogP contribution in [0.15, 0.2) is 15.8 Å². The summed E-state index contributed by atoms with van der Waals surface area (Å²) in [6, 6.07) is 0. The fraction of sp³-hybridized carbons (Fsp3) is 0.429. The van der Waals surface area contributed by atoms with Crippen molar-refractivity contribution in [1.82, 2.24) is 9.97 Å². The number of aromatic amines is 2. The van der Waals surface area contributed by atoms with Gasteiger partial charge in [-0.3, -0.25) is 9.78 Å². The first kappa shape index (κ1) is 10.2. The van der Waals surface area contributed by atoms with Crippen LogP contribution in [0.2, 0.25) is 0 Å². The van der Waals surface area contributed by atoms with E-state index < -0.39 is 11.2 Å². The molecule has 0 aliphatic heterocycles. The lowest BCUT2D eigenvalue weighted by atomic mass is 10.2. The zero-order valence-electron chi connectivity index (χ0n) is 6.96. The number of methoxy groups -OCH3 is 1. The monoisotopic (exact) mass is 248 g/mol. The lowest BCUT2D eigenvalue weighted by molar-refractivity contribution is 0.123. The molecule has 1 atom stereocenters. The molecule has 2 N–H and O–H groups in total. The summed E-state index contributed by atoms with van der Waals surface area (Å²) >= 11 is 3.20. The third-order valence-corrected chi connectivity index (χ3v) is 2.21. The number of hydrogen-bond donors (Lipinski definition) is 2. The Bertz CT molecular complexity index is 380. The Labute approximate surface area is 82.3 Å². The Kier molecular flexibility index (Phi) is 3.44. The lowest BCUT2D eigenvalue weighted by Crippen LogP contribution is -2.27. The average Bonchev–Trinajstić information content (AvgIpc) is 2.10. The minimum Gasteiger partial charge on any atom is -0.376 e. The van der Waals surface area contributed by atoms with Crippen LogP contribution in [0.5, 0.6) is 0 Å². The summed E-state index contributed by atoms with van der Waals surface area (Å²) in [5.74, 6) is 0. The van der Waals surface area contributed by atoms with Crippen molar-refractivity contribution in [2.75, 3.05) is 12.4 Å². The Morgan fingerprint density at radius 1 is 1.62 bits per heavy atom. The maximum Gasteiger partial charge on any atom is 0.325 e. The summed E-state index contributed by atoms with van der Waals surface area (Å²) in [4.78, 5) is 26.4. The SMILES string of the molecule is COC(CBr)c1c[nH]c(=O)[nH]c1=O. The van der Waals surface area contributed by atoms with Crippen LogP contribution < -0.4 is 11.2 Å². The molecular weight excluding hydrogens is 240 g/mol. The molecule has 0 aromatic carbocycles. The van der Waals surface area contributed by atoms with Crippen molar-refractivity contribution in [1.29, 1.82) is 0 Å². The molecule has 0 radical (unpaired) electrons. The topological polar surface area (TPSA) is 75.0 Å². The van der Waals surface area contributed by atoms with Gasteiger partial charge in [-0.2, -0.15) is 0 Å². The molecule has 72 valence electrons. The van der Waals surface area contributed by atoms with E-state index in [1.165, 1.54) is 13.3 Å². The van der Waals surface area contributed by atoms with E-state index in [4.69, 9.17) is 4.74 Å². The van der Waals surface area contributed by atoms with Crippen LogP contribution >= 0.6 is 15.9 Å². The predicted octanol–water partition coefficient (Wildman–Crippen LogP) is 0.146. The molecule has 1 unspecified atom stereocenters. The van der Waals surface area contributed by atoms with E-state index >= 15 is 0 Å². The molecule has 6 heteroatoms. The highest BCUT2D eigenvalue weighted by Crippen LogP contribution is 2.12. The van der Waals surface area contributed by atoms with Crippen molar-refractivity contribution >= 4 is 15.9 Å². The summed E-state index contributed by atoms with van der Waals surface area (Å²) in [5.41, 5.74) is -0.535. The van der Waals surface area contributed by atoms with Gasteiger partial charge in [0.15, 0.2) is 0 Å². The highest BCUT2D eigenvalue weighted by Gasteiger charge is 2.12. The summed E-state index contributed by atoms with van der Waals surface area (Å²) in [5, 5.41) is 0.499. The van der Waals surface area contributed by atoms with Crippen LogP contribution in [0.25, 0.3) is 0 Å². The molecular formula is C7H9BrN2O3. The van der Waals surface area contributed by atoms with Gasteiger partial charge in [-0.05, 0) is 0 Å². The molecule has 1 aromatic heterocycles. The molecule has 1 rings (SSSR count). The van der Waals surface area contributed by atoms with Gasteiger partial charge in [0.2, 0.25) is 0 Å². The molecule has 1 aromatic rings. The van der Waals surface area contributed by atoms with E-state index in [0.717, 1.165) is 0 Å². The maximum atomic E-state index is 11.2. The van der Waals surface area contributed by atoms with Gasteiger partial charge in [0.25, 0.3) is 5.56 Å². The van der Waals surface area contributed by atoms with Gasteiger partial charge >= 0.3 is 5.69 Å². The molecule has 0 saturated heterocycles. The number of nitrogens with one attached hydrogen (secondary N) is 2. The Morgan fingerprint density at radius 3 is 2.77 bits per heavy atom. The van der Waals surface area contributed by atoms with Crippen molar-refractivity contribution in [3.8, 4) is 0 Å². The van der Waals surface area contributed by atoms with Crippen LogP contribution in [0, 0.1) is 0 Å². The highest BCUT2D eigenvalue weighted by atomic mass is 79.9. The second-order valence-corrected chi connectivity index (χ2v) is 3.05. The van der Waals surface area contributed by atoms with Crippen LogP contribution in [0.3, 0.4) is 0 Å². The Hall–Kier alpha value is -0.880. The molecule has 0 bridgehead atoms. The molecule has 0 saturated carbocycles. The average molecular weight is 249 g/mol. The van der Waals surface area contributed by atoms with E-state index in [1.54, 1.807) is 0 Å². The first-order chi connectivity index (χ1) is 6.19. The number of halogens is 1. The normalized spacial score (nSPS) is 12.8. The molecule has 0 amide bonds. The van der Waals surface area contributed by atoms with Crippen molar-refractivity contribution < 1.29 is 4.74 Å². The van der Waals surface area contributed by atoms with Crippen molar-refractivity contribution in [2.24, 2.45) is 0 Å². The lowest BCUT2D eigenvalue weighted by Gasteiger charge is -2.09. The van der Waals surface area contributed by atoms with Gasteiger partial charge in [-0.1, -0.05) is 15.9 Å². The van der Waals surface area contributed by atoms with Crippen LogP contribution in [0.1, 0.15) is 11.7 Å². The number of alkyl halides is 1. The maximum absolute atomic E-state index is 11.2. The van der Waals surface area contributed by atoms with E-state index in [-0.39, 0.29) is 6.10 Å². The van der Waals surface area contributed by atoms with Gasteiger partial charge in [0, 0.05) is 18.6 Å². The van der Waals surface area contributed by atoms with Gasteiger partial charge in [0.1, 0.15) is 0 Å². The Morgan fingerprint density at radius 2 is 2.31 bits per heavy atom. The molecule has 1 heterocycles. The first-order valence-electron chi connectivity index (χ1n) is 3.59. The second kappa shape index (κ2) is 4.38. The summed E-state index contributed by atoms with van der Waals surface area (Å²) < 4.78 is 5.02. The second-order valence-electron chi connectivity index (χ2n) is 2.41.